The van der Waals surface area contributed by atoms with Crippen LogP contribution in [-0.2, 0) is 11.2 Å². The number of hydrogen-bond acceptors (Lipinski definition) is 3. The number of nitrogens with zero attached hydrogens (tertiary/aromatic N) is 1. The smallest absolute Gasteiger partial charge is 0.223 e. The van der Waals surface area contributed by atoms with E-state index < -0.39 is 5.82 Å². The van der Waals surface area contributed by atoms with Gasteiger partial charge in [-0.15, -0.1) is 0 Å². The molecule has 1 atom stereocenters. The van der Waals surface area contributed by atoms with Crippen LogP contribution in [0.1, 0.15) is 23.6 Å². The van der Waals surface area contributed by atoms with Gasteiger partial charge in [-0.3, -0.25) is 4.79 Å². The molecule has 1 aliphatic heterocycles. The van der Waals surface area contributed by atoms with Gasteiger partial charge in [-0.2, -0.15) is 0 Å². The minimum atomic E-state index is -0.406. The van der Waals surface area contributed by atoms with Crippen molar-refractivity contribution in [2.75, 3.05) is 26.7 Å². The summed E-state index contributed by atoms with van der Waals surface area (Å²) >= 11 is 6.10. The molecular weight excluding hydrogens is 355 g/mol. The van der Waals surface area contributed by atoms with E-state index in [0.717, 1.165) is 17.7 Å². The molecule has 1 aliphatic rings. The van der Waals surface area contributed by atoms with Crippen LogP contribution < -0.4 is 10.1 Å². The highest BCUT2D eigenvalue weighted by Gasteiger charge is 2.27. The van der Waals surface area contributed by atoms with Gasteiger partial charge in [-0.25, -0.2) is 4.39 Å². The number of carbonyl (C=O) groups excluding carboxylic acids is 1. The molecule has 1 N–H and O–H groups in total. The van der Waals surface area contributed by atoms with Gasteiger partial charge in [0, 0.05) is 31.1 Å². The molecule has 0 spiro atoms. The predicted molar refractivity (Wildman–Crippen MR) is 100 cm³/mol. The number of amides is 1. The van der Waals surface area contributed by atoms with E-state index in [1.165, 1.54) is 13.2 Å². The summed E-state index contributed by atoms with van der Waals surface area (Å²) in [6, 6.07) is 12.4. The molecule has 1 amide bonds. The van der Waals surface area contributed by atoms with Gasteiger partial charge in [0.25, 0.3) is 0 Å². The SMILES string of the molecule is COc1ccc(CCC(=O)N2CCNCC2c2cccc(Cl)c2)cc1F. The second kappa shape index (κ2) is 8.52. The predicted octanol–water partition coefficient (Wildman–Crippen LogP) is 3.59. The molecule has 0 bridgehead atoms. The number of methoxy groups -OCH3 is 1. The molecule has 0 aliphatic carbocycles. The molecule has 1 fully saturated rings. The fraction of sp³-hybridized carbons (Fsp3) is 0.350. The Morgan fingerprint density at radius 3 is 2.92 bits per heavy atom. The first-order valence-corrected chi connectivity index (χ1v) is 9.04. The molecule has 1 saturated heterocycles. The fourth-order valence-electron chi connectivity index (χ4n) is 3.27. The Morgan fingerprint density at radius 1 is 1.35 bits per heavy atom. The molecule has 1 unspecified atom stereocenters. The lowest BCUT2D eigenvalue weighted by Crippen LogP contribution is -2.48. The van der Waals surface area contributed by atoms with E-state index in [2.05, 4.69) is 5.32 Å². The zero-order valence-electron chi connectivity index (χ0n) is 14.7. The molecule has 26 heavy (non-hydrogen) atoms. The maximum absolute atomic E-state index is 13.8. The first kappa shape index (κ1) is 18.7. The topological polar surface area (TPSA) is 41.6 Å². The highest BCUT2D eigenvalue weighted by atomic mass is 35.5. The Labute approximate surface area is 157 Å². The molecule has 0 radical (unpaired) electrons. The molecular formula is C20H22ClFN2O2. The Hall–Kier alpha value is -2.11. The van der Waals surface area contributed by atoms with Gasteiger partial charge in [0.15, 0.2) is 11.6 Å². The van der Waals surface area contributed by atoms with Crippen LogP contribution in [0.3, 0.4) is 0 Å². The normalized spacial score (nSPS) is 17.2. The summed E-state index contributed by atoms with van der Waals surface area (Å²) < 4.78 is 18.7. The average molecular weight is 377 g/mol. The van der Waals surface area contributed by atoms with Crippen molar-refractivity contribution in [1.82, 2.24) is 10.2 Å². The van der Waals surface area contributed by atoms with E-state index in [1.54, 1.807) is 12.1 Å². The van der Waals surface area contributed by atoms with Crippen molar-refractivity contribution in [2.24, 2.45) is 0 Å². The molecule has 2 aromatic carbocycles. The van der Waals surface area contributed by atoms with Crippen molar-refractivity contribution in [3.63, 3.8) is 0 Å². The van der Waals surface area contributed by atoms with Crippen molar-refractivity contribution < 1.29 is 13.9 Å². The number of benzene rings is 2. The number of aryl methyl sites for hydroxylation is 1. The standard InChI is InChI=1S/C20H22ClFN2O2/c1-26-19-7-5-14(11-17(19)22)6-8-20(25)24-10-9-23-13-18(24)15-3-2-4-16(21)12-15/h2-5,7,11-12,18,23H,6,8-10,13H2,1H3. The van der Waals surface area contributed by atoms with Gasteiger partial charge in [-0.05, 0) is 41.8 Å². The molecule has 0 saturated carbocycles. The first-order chi connectivity index (χ1) is 12.6. The van der Waals surface area contributed by atoms with Gasteiger partial charge < -0.3 is 15.0 Å². The van der Waals surface area contributed by atoms with E-state index in [-0.39, 0.29) is 17.7 Å². The summed E-state index contributed by atoms with van der Waals surface area (Å²) in [4.78, 5) is 14.7. The minimum Gasteiger partial charge on any atom is -0.494 e. The largest absolute Gasteiger partial charge is 0.494 e. The van der Waals surface area contributed by atoms with Crippen molar-refractivity contribution >= 4 is 17.5 Å². The lowest BCUT2D eigenvalue weighted by atomic mass is 10.0. The van der Waals surface area contributed by atoms with Crippen LogP contribution in [0.5, 0.6) is 5.75 Å². The fourth-order valence-corrected chi connectivity index (χ4v) is 3.47. The minimum absolute atomic E-state index is 0.0393. The first-order valence-electron chi connectivity index (χ1n) is 8.66. The average Bonchev–Trinajstić information content (AvgIpc) is 2.66. The number of hydrogen-bond donors (Lipinski definition) is 1. The number of nitrogens with one attached hydrogen (secondary N) is 1. The summed E-state index contributed by atoms with van der Waals surface area (Å²) in [7, 11) is 1.43. The van der Waals surface area contributed by atoms with Crippen LogP contribution in [0.15, 0.2) is 42.5 Å². The summed E-state index contributed by atoms with van der Waals surface area (Å²) in [6.07, 6.45) is 0.828. The monoisotopic (exact) mass is 376 g/mol. The third-order valence-electron chi connectivity index (χ3n) is 4.64. The molecule has 138 valence electrons. The highest BCUT2D eigenvalue weighted by molar-refractivity contribution is 6.30. The van der Waals surface area contributed by atoms with E-state index >= 15 is 0 Å². The zero-order chi connectivity index (χ0) is 18.5. The summed E-state index contributed by atoms with van der Waals surface area (Å²) in [6.45, 7) is 2.11. The third kappa shape index (κ3) is 4.34. The van der Waals surface area contributed by atoms with Crippen LogP contribution in [0.25, 0.3) is 0 Å². The van der Waals surface area contributed by atoms with E-state index in [1.807, 2.05) is 29.2 Å². The summed E-state index contributed by atoms with van der Waals surface area (Å²) in [5, 5.41) is 3.99. The second-order valence-corrected chi connectivity index (χ2v) is 6.77. The maximum atomic E-state index is 13.8. The Bertz CT molecular complexity index is 784. The highest BCUT2D eigenvalue weighted by Crippen LogP contribution is 2.26. The molecule has 4 nitrogen and oxygen atoms in total. The Balaban J connectivity index is 1.68. The molecule has 0 aromatic heterocycles. The Kier molecular flexibility index (Phi) is 6.12. The molecule has 1 heterocycles. The van der Waals surface area contributed by atoms with Crippen LogP contribution in [-0.4, -0.2) is 37.6 Å². The van der Waals surface area contributed by atoms with Crippen LogP contribution in [0.4, 0.5) is 4.39 Å². The van der Waals surface area contributed by atoms with Crippen molar-refractivity contribution in [2.45, 2.75) is 18.9 Å². The van der Waals surface area contributed by atoms with Crippen molar-refractivity contribution in [3.8, 4) is 5.75 Å². The number of rotatable bonds is 5. The summed E-state index contributed by atoms with van der Waals surface area (Å²) in [5.74, 6) is -0.132. The van der Waals surface area contributed by atoms with E-state index in [9.17, 15) is 9.18 Å². The van der Waals surface area contributed by atoms with Crippen molar-refractivity contribution in [3.05, 3.63) is 64.4 Å². The molecule has 3 rings (SSSR count). The van der Waals surface area contributed by atoms with Gasteiger partial charge in [0.2, 0.25) is 5.91 Å². The lowest BCUT2D eigenvalue weighted by molar-refractivity contribution is -0.134. The van der Waals surface area contributed by atoms with Gasteiger partial charge >= 0.3 is 0 Å². The molecule has 2 aromatic rings. The molecule has 6 heteroatoms. The third-order valence-corrected chi connectivity index (χ3v) is 4.88. The number of ether oxygens (including phenoxy) is 1. The summed E-state index contributed by atoms with van der Waals surface area (Å²) in [5.41, 5.74) is 1.81. The number of halogens is 2. The number of piperazine rings is 1. The van der Waals surface area contributed by atoms with Gasteiger partial charge in [-0.1, -0.05) is 29.8 Å². The van der Waals surface area contributed by atoms with Gasteiger partial charge in [0.1, 0.15) is 0 Å². The Morgan fingerprint density at radius 2 is 2.19 bits per heavy atom. The lowest BCUT2D eigenvalue weighted by Gasteiger charge is -2.36. The van der Waals surface area contributed by atoms with Crippen LogP contribution >= 0.6 is 11.6 Å². The zero-order valence-corrected chi connectivity index (χ0v) is 15.4. The van der Waals surface area contributed by atoms with Gasteiger partial charge in [0.05, 0.1) is 13.2 Å². The maximum Gasteiger partial charge on any atom is 0.223 e. The second-order valence-electron chi connectivity index (χ2n) is 6.33. The van der Waals surface area contributed by atoms with Crippen LogP contribution in [0, 0.1) is 5.82 Å². The number of carbonyl (C=O) groups is 1. The quantitative estimate of drug-likeness (QED) is 0.867. The van der Waals surface area contributed by atoms with Crippen molar-refractivity contribution in [1.29, 1.82) is 0 Å². The van der Waals surface area contributed by atoms with Crippen LogP contribution in [0.2, 0.25) is 5.02 Å². The van der Waals surface area contributed by atoms with E-state index in [4.69, 9.17) is 16.3 Å². The van der Waals surface area contributed by atoms with E-state index in [0.29, 0.717) is 31.0 Å².